The summed E-state index contributed by atoms with van der Waals surface area (Å²) in [5, 5.41) is 0. The minimum Gasteiger partial charge on any atom is -0.365 e. The Kier molecular flexibility index (Phi) is 5.62. The average Bonchev–Trinajstić information content (AvgIpc) is 2.53. The van der Waals surface area contributed by atoms with Crippen LogP contribution in [0, 0.1) is 5.82 Å². The average molecular weight is 350 g/mol. The second kappa shape index (κ2) is 7.32. The van der Waals surface area contributed by atoms with Gasteiger partial charge in [-0.2, -0.15) is 0 Å². The van der Waals surface area contributed by atoms with Crippen LogP contribution in [0.3, 0.4) is 0 Å². The van der Waals surface area contributed by atoms with E-state index in [1.807, 2.05) is 19.9 Å². The van der Waals surface area contributed by atoms with E-state index in [2.05, 4.69) is 4.90 Å². The normalized spacial score (nSPS) is 12.0. The maximum atomic E-state index is 13.1. The van der Waals surface area contributed by atoms with Crippen LogP contribution in [0.25, 0.3) is 0 Å². The van der Waals surface area contributed by atoms with Crippen LogP contribution >= 0.6 is 0 Å². The van der Waals surface area contributed by atoms with Gasteiger partial charge in [0, 0.05) is 32.4 Å². The van der Waals surface area contributed by atoms with Crippen molar-refractivity contribution >= 4 is 15.7 Å². The molecule has 2 rings (SSSR count). The predicted octanol–water partition coefficient (Wildman–Crippen LogP) is 3.49. The number of anilines is 1. The smallest absolute Gasteiger partial charge is 0.242 e. The summed E-state index contributed by atoms with van der Waals surface area (Å²) in [6, 6.07) is 13.4. The lowest BCUT2D eigenvalue weighted by molar-refractivity contribution is 0.520. The van der Waals surface area contributed by atoms with Gasteiger partial charge in [0.1, 0.15) is 5.82 Å². The fourth-order valence-electron chi connectivity index (χ4n) is 2.42. The van der Waals surface area contributed by atoms with E-state index in [1.165, 1.54) is 30.5 Å². The summed E-state index contributed by atoms with van der Waals surface area (Å²) in [5.74, 6) is -0.276. The number of halogens is 1. The van der Waals surface area contributed by atoms with Crippen molar-refractivity contribution in [2.45, 2.75) is 31.3 Å². The van der Waals surface area contributed by atoms with Gasteiger partial charge in [-0.3, -0.25) is 0 Å². The van der Waals surface area contributed by atoms with E-state index in [0.29, 0.717) is 6.54 Å². The lowest BCUT2D eigenvalue weighted by Crippen LogP contribution is -2.30. The Morgan fingerprint density at radius 1 is 1.04 bits per heavy atom. The lowest BCUT2D eigenvalue weighted by Gasteiger charge is -2.29. The maximum absolute atomic E-state index is 13.1. The molecule has 4 nitrogen and oxygen atoms in total. The highest BCUT2D eigenvalue weighted by atomic mass is 32.2. The quantitative estimate of drug-likeness (QED) is 0.801. The van der Waals surface area contributed by atoms with E-state index in [0.717, 1.165) is 11.3 Å². The van der Waals surface area contributed by atoms with Gasteiger partial charge >= 0.3 is 0 Å². The molecule has 6 heteroatoms. The molecule has 0 amide bonds. The van der Waals surface area contributed by atoms with Gasteiger partial charge in [-0.15, -0.1) is 0 Å². The Hall–Kier alpha value is -1.92. The molecule has 0 unspecified atom stereocenters. The van der Waals surface area contributed by atoms with E-state index >= 15 is 0 Å². The van der Waals surface area contributed by atoms with Crippen LogP contribution in [0.15, 0.2) is 53.4 Å². The molecule has 0 aliphatic rings. The highest BCUT2D eigenvalue weighted by Gasteiger charge is 2.18. The third-order valence-electron chi connectivity index (χ3n) is 3.81. The molecule has 0 saturated heterocycles. The van der Waals surface area contributed by atoms with Crippen LogP contribution in [-0.2, 0) is 16.6 Å². The van der Waals surface area contributed by atoms with Gasteiger partial charge in [-0.05, 0) is 55.8 Å². The zero-order valence-electron chi connectivity index (χ0n) is 14.4. The van der Waals surface area contributed by atoms with Gasteiger partial charge in [-0.25, -0.2) is 17.1 Å². The van der Waals surface area contributed by atoms with Crippen LogP contribution in [0.4, 0.5) is 10.1 Å². The van der Waals surface area contributed by atoms with Crippen LogP contribution in [0.5, 0.6) is 0 Å². The van der Waals surface area contributed by atoms with Crippen molar-refractivity contribution in [3.8, 4) is 0 Å². The number of hydrogen-bond donors (Lipinski definition) is 0. The summed E-state index contributed by atoms with van der Waals surface area (Å²) in [6.07, 6.45) is 0. The van der Waals surface area contributed by atoms with Gasteiger partial charge in [0.15, 0.2) is 0 Å². The molecule has 0 N–H and O–H groups in total. The first kappa shape index (κ1) is 18.4. The number of nitrogens with zero attached hydrogens (tertiary/aromatic N) is 2. The third kappa shape index (κ3) is 4.13. The van der Waals surface area contributed by atoms with Gasteiger partial charge in [0.25, 0.3) is 0 Å². The van der Waals surface area contributed by atoms with Crippen molar-refractivity contribution in [1.82, 2.24) is 4.31 Å². The first-order chi connectivity index (χ1) is 11.2. The Labute approximate surface area is 143 Å². The van der Waals surface area contributed by atoms with Gasteiger partial charge < -0.3 is 4.90 Å². The topological polar surface area (TPSA) is 40.6 Å². The summed E-state index contributed by atoms with van der Waals surface area (Å²) in [4.78, 5) is 2.37. The molecule has 0 radical (unpaired) electrons. The van der Waals surface area contributed by atoms with E-state index in [9.17, 15) is 12.8 Å². The first-order valence-electron chi connectivity index (χ1n) is 7.75. The number of benzene rings is 2. The Morgan fingerprint density at radius 2 is 1.67 bits per heavy atom. The van der Waals surface area contributed by atoms with Crippen LogP contribution in [-0.4, -0.2) is 32.9 Å². The Bertz CT molecular complexity index is 787. The van der Waals surface area contributed by atoms with Crippen molar-refractivity contribution in [3.05, 3.63) is 59.9 Å². The molecule has 0 fully saturated rings. The minimum absolute atomic E-state index is 0.185. The predicted molar refractivity (Wildman–Crippen MR) is 95.0 cm³/mol. The summed E-state index contributed by atoms with van der Waals surface area (Å²) < 4.78 is 38.9. The summed E-state index contributed by atoms with van der Waals surface area (Å²) in [7, 11) is -0.431. The van der Waals surface area contributed by atoms with Crippen molar-refractivity contribution in [2.75, 3.05) is 19.0 Å². The molecule has 0 aliphatic heterocycles. The summed E-state index contributed by atoms with van der Waals surface area (Å²) in [6.45, 7) is 4.63. The molecule has 130 valence electrons. The van der Waals surface area contributed by atoms with Crippen LogP contribution in [0.1, 0.15) is 19.4 Å². The molecule has 2 aromatic carbocycles. The fraction of sp³-hybridized carbons (Fsp3) is 0.333. The van der Waals surface area contributed by atoms with Gasteiger partial charge in [0.05, 0.1) is 4.90 Å². The van der Waals surface area contributed by atoms with Crippen molar-refractivity contribution < 1.29 is 12.8 Å². The molecule has 0 bridgehead atoms. The lowest BCUT2D eigenvalue weighted by atomic mass is 10.1. The number of hydrogen-bond acceptors (Lipinski definition) is 3. The molecule has 0 heterocycles. The molecule has 0 aliphatic carbocycles. The van der Waals surface area contributed by atoms with Crippen molar-refractivity contribution in [2.24, 2.45) is 0 Å². The second-order valence-corrected chi connectivity index (χ2v) is 8.28. The summed E-state index contributed by atoms with van der Waals surface area (Å²) >= 11 is 0. The van der Waals surface area contributed by atoms with E-state index < -0.39 is 10.0 Å². The van der Waals surface area contributed by atoms with Crippen LogP contribution < -0.4 is 4.90 Å². The zero-order valence-corrected chi connectivity index (χ0v) is 15.2. The SMILES string of the molecule is CC(C)N(Cc1cccc(S(=O)(=O)N(C)C)c1)c1ccc(F)cc1. The zero-order chi connectivity index (χ0) is 17.9. The molecule has 0 spiro atoms. The van der Waals surface area contributed by atoms with E-state index in [1.54, 1.807) is 30.3 Å². The minimum atomic E-state index is -3.46. The second-order valence-electron chi connectivity index (χ2n) is 6.13. The highest BCUT2D eigenvalue weighted by molar-refractivity contribution is 7.89. The highest BCUT2D eigenvalue weighted by Crippen LogP contribution is 2.22. The first-order valence-corrected chi connectivity index (χ1v) is 9.19. The molecular weight excluding hydrogens is 327 g/mol. The largest absolute Gasteiger partial charge is 0.365 e. The summed E-state index contributed by atoms with van der Waals surface area (Å²) in [5.41, 5.74) is 1.78. The number of sulfonamides is 1. The van der Waals surface area contributed by atoms with E-state index in [-0.39, 0.29) is 16.8 Å². The fourth-order valence-corrected chi connectivity index (χ4v) is 3.39. The molecule has 24 heavy (non-hydrogen) atoms. The standard InChI is InChI=1S/C18H23FN2O2S/c1-14(2)21(17-10-8-16(19)9-11-17)13-15-6-5-7-18(12-15)24(22,23)20(3)4/h5-12,14H,13H2,1-4H3. The van der Waals surface area contributed by atoms with Gasteiger partial charge in [-0.1, -0.05) is 12.1 Å². The van der Waals surface area contributed by atoms with Gasteiger partial charge in [0.2, 0.25) is 10.0 Å². The molecule has 2 aromatic rings. The number of rotatable bonds is 6. The molecular formula is C18H23FN2O2S. The monoisotopic (exact) mass is 350 g/mol. The van der Waals surface area contributed by atoms with Crippen LogP contribution in [0.2, 0.25) is 0 Å². The van der Waals surface area contributed by atoms with E-state index in [4.69, 9.17) is 0 Å². The Morgan fingerprint density at radius 3 is 2.21 bits per heavy atom. The Balaban J connectivity index is 2.32. The van der Waals surface area contributed by atoms with Crippen molar-refractivity contribution in [3.63, 3.8) is 0 Å². The third-order valence-corrected chi connectivity index (χ3v) is 5.62. The molecule has 0 aromatic heterocycles. The molecule has 0 atom stereocenters. The maximum Gasteiger partial charge on any atom is 0.242 e. The van der Waals surface area contributed by atoms with Crippen molar-refractivity contribution in [1.29, 1.82) is 0 Å². The molecule has 0 saturated carbocycles.